The molecule has 1 fully saturated rings. The zero-order valence-corrected chi connectivity index (χ0v) is 17.2. The lowest BCUT2D eigenvalue weighted by Gasteiger charge is -2.30. The number of anilines is 1. The quantitative estimate of drug-likeness (QED) is 0.477. The van der Waals surface area contributed by atoms with E-state index in [1.807, 2.05) is 6.07 Å². The smallest absolute Gasteiger partial charge is 0.339 e. The average molecular weight is 423 g/mol. The van der Waals surface area contributed by atoms with Crippen molar-refractivity contribution in [2.24, 2.45) is 0 Å². The van der Waals surface area contributed by atoms with Crippen LogP contribution in [-0.4, -0.2) is 44.1 Å². The highest BCUT2D eigenvalue weighted by Crippen LogP contribution is 2.35. The molecule has 4 rings (SSSR count). The Kier molecular flexibility index (Phi) is 5.75. The topological polar surface area (TPSA) is 143 Å². The monoisotopic (exact) mass is 423 g/mol. The van der Waals surface area contributed by atoms with Gasteiger partial charge in [0.25, 0.3) is 0 Å². The zero-order valence-electron chi connectivity index (χ0n) is 17.2. The lowest BCUT2D eigenvalue weighted by Crippen LogP contribution is -2.40. The van der Waals surface area contributed by atoms with E-state index in [9.17, 15) is 14.7 Å². The van der Waals surface area contributed by atoms with E-state index in [1.165, 1.54) is 0 Å². The fraction of sp³-hybridized carbons (Fsp3) is 0.364. The standard InChI is InChI=1S/C22H25N5O4/c1-12-19(22(29)30)21(23)20-16(26-12)3-2-4-17(20)31-15-7-5-13(6-8-15)27-18(28)9-14-10-24-11-25-14/h2-4,10-11,13,15H,5-9H2,1H3,(H2,23,26)(H,24,25)(H,27,28)(H,29,30). The van der Waals surface area contributed by atoms with E-state index >= 15 is 0 Å². The first-order valence-corrected chi connectivity index (χ1v) is 10.3. The van der Waals surface area contributed by atoms with E-state index in [-0.39, 0.29) is 35.7 Å². The molecular formula is C22H25N5O4. The summed E-state index contributed by atoms with van der Waals surface area (Å²) in [6.45, 7) is 1.63. The minimum atomic E-state index is -1.11. The van der Waals surface area contributed by atoms with Crippen LogP contribution >= 0.6 is 0 Å². The average Bonchev–Trinajstić information content (AvgIpc) is 3.22. The molecule has 2 aromatic heterocycles. The highest BCUT2D eigenvalue weighted by Gasteiger charge is 2.25. The first-order valence-electron chi connectivity index (χ1n) is 10.3. The van der Waals surface area contributed by atoms with Crippen LogP contribution in [0.25, 0.3) is 10.9 Å². The van der Waals surface area contributed by atoms with Gasteiger partial charge in [-0.25, -0.2) is 9.78 Å². The molecule has 0 atom stereocenters. The Balaban J connectivity index is 1.42. The van der Waals surface area contributed by atoms with Crippen LogP contribution in [0, 0.1) is 6.92 Å². The van der Waals surface area contributed by atoms with Crippen LogP contribution in [0.2, 0.25) is 0 Å². The fourth-order valence-corrected chi connectivity index (χ4v) is 4.15. The number of rotatable bonds is 6. The molecule has 1 saturated carbocycles. The largest absolute Gasteiger partial charge is 0.490 e. The predicted molar refractivity (Wildman–Crippen MR) is 115 cm³/mol. The van der Waals surface area contributed by atoms with Crippen molar-refractivity contribution in [3.05, 3.63) is 47.7 Å². The third kappa shape index (κ3) is 4.45. The van der Waals surface area contributed by atoms with Crippen molar-refractivity contribution in [2.75, 3.05) is 5.73 Å². The maximum atomic E-state index is 12.2. The van der Waals surface area contributed by atoms with Crippen LogP contribution in [0.1, 0.15) is 47.4 Å². The van der Waals surface area contributed by atoms with Gasteiger partial charge in [-0.1, -0.05) is 6.07 Å². The van der Waals surface area contributed by atoms with Gasteiger partial charge in [0.05, 0.1) is 41.1 Å². The summed E-state index contributed by atoms with van der Waals surface area (Å²) in [5.74, 6) is -0.597. The Bertz CT molecular complexity index is 1100. The number of imidazole rings is 1. The molecule has 31 heavy (non-hydrogen) atoms. The number of hydrogen-bond acceptors (Lipinski definition) is 6. The number of carbonyl (C=O) groups excluding carboxylic acids is 1. The molecule has 0 bridgehead atoms. The molecule has 0 aliphatic heterocycles. The third-order valence-corrected chi connectivity index (χ3v) is 5.65. The van der Waals surface area contributed by atoms with Crippen molar-refractivity contribution in [3.63, 3.8) is 0 Å². The lowest BCUT2D eigenvalue weighted by atomic mass is 9.92. The van der Waals surface area contributed by atoms with Gasteiger partial charge in [-0.3, -0.25) is 9.78 Å². The van der Waals surface area contributed by atoms with Crippen molar-refractivity contribution < 1.29 is 19.4 Å². The molecule has 0 unspecified atom stereocenters. The first kappa shape index (κ1) is 20.6. The number of aryl methyl sites for hydroxylation is 1. The minimum absolute atomic E-state index is 0.00670. The van der Waals surface area contributed by atoms with Crippen molar-refractivity contribution in [1.29, 1.82) is 0 Å². The number of carboxylic acids is 1. The second-order valence-corrected chi connectivity index (χ2v) is 7.85. The number of benzene rings is 1. The van der Waals surface area contributed by atoms with Crippen LogP contribution in [0.15, 0.2) is 30.7 Å². The molecular weight excluding hydrogens is 398 g/mol. The van der Waals surface area contributed by atoms with Crippen LogP contribution in [-0.2, 0) is 11.2 Å². The van der Waals surface area contributed by atoms with Gasteiger partial charge in [0.2, 0.25) is 5.91 Å². The van der Waals surface area contributed by atoms with E-state index in [0.29, 0.717) is 22.3 Å². The van der Waals surface area contributed by atoms with Gasteiger partial charge in [0.15, 0.2) is 0 Å². The van der Waals surface area contributed by atoms with Crippen LogP contribution in [0.5, 0.6) is 5.75 Å². The molecule has 1 aliphatic carbocycles. The van der Waals surface area contributed by atoms with Crippen molar-refractivity contribution >= 4 is 28.5 Å². The summed E-state index contributed by atoms with van der Waals surface area (Å²) in [5, 5.41) is 13.1. The number of fused-ring (bicyclic) bond motifs is 1. The number of aromatic amines is 1. The van der Waals surface area contributed by atoms with E-state index in [0.717, 1.165) is 31.4 Å². The van der Waals surface area contributed by atoms with Crippen molar-refractivity contribution in [3.8, 4) is 5.75 Å². The molecule has 162 valence electrons. The molecule has 1 aliphatic rings. The number of nitrogens with two attached hydrogens (primary N) is 1. The van der Waals surface area contributed by atoms with E-state index in [2.05, 4.69) is 20.3 Å². The van der Waals surface area contributed by atoms with Gasteiger partial charge in [-0.15, -0.1) is 0 Å². The molecule has 1 amide bonds. The Hall–Kier alpha value is -3.62. The van der Waals surface area contributed by atoms with Gasteiger partial charge in [-0.2, -0.15) is 0 Å². The molecule has 3 aromatic rings. The van der Waals surface area contributed by atoms with Crippen molar-refractivity contribution in [2.45, 2.75) is 51.2 Å². The highest BCUT2D eigenvalue weighted by atomic mass is 16.5. The minimum Gasteiger partial charge on any atom is -0.490 e. The third-order valence-electron chi connectivity index (χ3n) is 5.65. The van der Waals surface area contributed by atoms with Crippen LogP contribution in [0.3, 0.4) is 0 Å². The SMILES string of the molecule is Cc1nc2cccc(OC3CCC(NC(=O)Cc4cnc[nH]4)CC3)c2c(N)c1C(=O)O. The molecule has 9 heteroatoms. The second-order valence-electron chi connectivity index (χ2n) is 7.85. The van der Waals surface area contributed by atoms with Crippen molar-refractivity contribution in [1.82, 2.24) is 20.3 Å². The Morgan fingerprint density at radius 1 is 1.29 bits per heavy atom. The number of aromatic carboxylic acids is 1. The molecule has 1 aromatic carbocycles. The first-order chi connectivity index (χ1) is 14.9. The zero-order chi connectivity index (χ0) is 22.0. The number of aromatic nitrogens is 3. The summed E-state index contributed by atoms with van der Waals surface area (Å²) >= 11 is 0. The summed E-state index contributed by atoms with van der Waals surface area (Å²) in [6, 6.07) is 5.52. The van der Waals surface area contributed by atoms with Gasteiger partial charge in [0.1, 0.15) is 11.3 Å². The molecule has 2 heterocycles. The van der Waals surface area contributed by atoms with Crippen LogP contribution in [0.4, 0.5) is 5.69 Å². The Morgan fingerprint density at radius 2 is 2.06 bits per heavy atom. The summed E-state index contributed by atoms with van der Waals surface area (Å²) in [5.41, 5.74) is 8.15. The lowest BCUT2D eigenvalue weighted by molar-refractivity contribution is -0.121. The normalized spacial score (nSPS) is 18.6. The number of pyridine rings is 1. The van der Waals surface area contributed by atoms with E-state index in [1.54, 1.807) is 31.6 Å². The number of amides is 1. The van der Waals surface area contributed by atoms with Gasteiger partial charge in [0, 0.05) is 17.9 Å². The Labute approximate surface area is 179 Å². The number of hydrogen-bond donors (Lipinski definition) is 4. The van der Waals surface area contributed by atoms with Gasteiger partial charge >= 0.3 is 5.97 Å². The maximum Gasteiger partial charge on any atom is 0.339 e. The molecule has 0 spiro atoms. The number of carboxylic acid groups (broad SMARTS) is 1. The van der Waals surface area contributed by atoms with Gasteiger partial charge in [-0.05, 0) is 44.7 Å². The second kappa shape index (κ2) is 8.63. The highest BCUT2D eigenvalue weighted by molar-refractivity contribution is 6.06. The van der Waals surface area contributed by atoms with E-state index in [4.69, 9.17) is 10.5 Å². The number of carbonyl (C=O) groups is 2. The fourth-order valence-electron chi connectivity index (χ4n) is 4.15. The molecule has 5 N–H and O–H groups in total. The number of nitrogen functional groups attached to an aromatic ring is 1. The number of ether oxygens (including phenoxy) is 1. The van der Waals surface area contributed by atoms with Gasteiger partial charge < -0.3 is 25.9 Å². The number of H-pyrrole nitrogens is 1. The summed E-state index contributed by atoms with van der Waals surface area (Å²) in [7, 11) is 0. The number of nitrogens with one attached hydrogen (secondary N) is 2. The summed E-state index contributed by atoms with van der Waals surface area (Å²) < 4.78 is 6.22. The molecule has 0 radical (unpaired) electrons. The predicted octanol–water partition coefficient (Wildman–Crippen LogP) is 2.60. The maximum absolute atomic E-state index is 12.2. The number of nitrogens with zero attached hydrogens (tertiary/aromatic N) is 2. The molecule has 0 saturated heterocycles. The summed E-state index contributed by atoms with van der Waals surface area (Å²) in [4.78, 5) is 35.0. The van der Waals surface area contributed by atoms with E-state index < -0.39 is 5.97 Å². The van der Waals surface area contributed by atoms with Crippen LogP contribution < -0.4 is 15.8 Å². The Morgan fingerprint density at radius 3 is 2.74 bits per heavy atom. The molecule has 9 nitrogen and oxygen atoms in total. The summed E-state index contributed by atoms with van der Waals surface area (Å²) in [6.07, 6.45) is 6.60.